The predicted octanol–water partition coefficient (Wildman–Crippen LogP) is 1.76. The van der Waals surface area contributed by atoms with Crippen molar-refractivity contribution >= 4 is 5.82 Å². The Morgan fingerprint density at radius 2 is 1.90 bits per heavy atom. The summed E-state index contributed by atoms with van der Waals surface area (Å²) in [6, 6.07) is 4.60. The number of anilines is 1. The molecule has 1 aromatic heterocycles. The number of rotatable bonds is 4. The van der Waals surface area contributed by atoms with Crippen molar-refractivity contribution in [1.29, 1.82) is 0 Å². The number of hydrogen-bond acceptors (Lipinski definition) is 4. The van der Waals surface area contributed by atoms with Gasteiger partial charge in [-0.25, -0.2) is 0 Å². The van der Waals surface area contributed by atoms with E-state index in [1.54, 1.807) is 0 Å². The van der Waals surface area contributed by atoms with Gasteiger partial charge in [0.2, 0.25) is 0 Å². The molecule has 0 amide bonds. The summed E-state index contributed by atoms with van der Waals surface area (Å²) in [5.41, 5.74) is 8.97. The maximum atomic E-state index is 12.5. The summed E-state index contributed by atoms with van der Waals surface area (Å²) in [4.78, 5) is 0. The summed E-state index contributed by atoms with van der Waals surface area (Å²) in [5.74, 6) is 5.83. The fraction of sp³-hybridized carbons (Fsp3) is 0.250. The normalized spacial score (nSPS) is 13.4. The van der Waals surface area contributed by atoms with Crippen LogP contribution in [-0.4, -0.2) is 10.2 Å². The largest absolute Gasteiger partial charge is 0.416 e. The van der Waals surface area contributed by atoms with Crippen molar-refractivity contribution in [2.75, 3.05) is 5.73 Å². The zero-order valence-electron chi connectivity index (χ0n) is 10.4. The number of aromatic amines is 1. The van der Waals surface area contributed by atoms with Crippen molar-refractivity contribution < 1.29 is 13.2 Å². The van der Waals surface area contributed by atoms with Gasteiger partial charge in [0, 0.05) is 5.56 Å². The van der Waals surface area contributed by atoms with E-state index >= 15 is 0 Å². The summed E-state index contributed by atoms with van der Waals surface area (Å²) >= 11 is 0. The molecule has 6 N–H and O–H groups in total. The maximum Gasteiger partial charge on any atom is 0.416 e. The van der Waals surface area contributed by atoms with Gasteiger partial charge in [-0.1, -0.05) is 12.1 Å². The molecule has 1 heterocycles. The van der Waals surface area contributed by atoms with Gasteiger partial charge in [0.15, 0.2) is 0 Å². The lowest BCUT2D eigenvalue weighted by Gasteiger charge is -2.15. The average molecular weight is 285 g/mol. The maximum absolute atomic E-state index is 12.5. The zero-order chi connectivity index (χ0) is 14.8. The molecule has 0 aliphatic carbocycles. The Kier molecular flexibility index (Phi) is 3.96. The highest BCUT2D eigenvalue weighted by Gasteiger charge is 2.30. The third-order valence-corrected chi connectivity index (χ3v) is 3.00. The Balaban J connectivity index is 2.15. The second-order valence-corrected chi connectivity index (χ2v) is 4.36. The summed E-state index contributed by atoms with van der Waals surface area (Å²) in [5, 5.41) is 6.37. The second kappa shape index (κ2) is 5.51. The lowest BCUT2D eigenvalue weighted by molar-refractivity contribution is -0.137. The SMILES string of the molecule is NNC(Cc1ccc(C(F)(F)F)cc1)c1cn[nH]c1N. The molecule has 2 aromatic rings. The summed E-state index contributed by atoms with van der Waals surface area (Å²) in [7, 11) is 0. The van der Waals surface area contributed by atoms with Crippen LogP contribution in [0.1, 0.15) is 22.7 Å². The van der Waals surface area contributed by atoms with Crippen molar-refractivity contribution in [1.82, 2.24) is 15.6 Å². The number of benzene rings is 1. The Hall–Kier alpha value is -2.06. The molecular weight excluding hydrogens is 271 g/mol. The van der Waals surface area contributed by atoms with E-state index in [0.717, 1.165) is 12.1 Å². The Morgan fingerprint density at radius 3 is 2.35 bits per heavy atom. The number of hydrogen-bond donors (Lipinski definition) is 4. The molecule has 1 unspecified atom stereocenters. The predicted molar refractivity (Wildman–Crippen MR) is 68.2 cm³/mol. The third kappa shape index (κ3) is 3.09. The van der Waals surface area contributed by atoms with E-state index in [4.69, 9.17) is 11.6 Å². The molecular formula is C12H14F3N5. The minimum atomic E-state index is -4.33. The second-order valence-electron chi connectivity index (χ2n) is 4.36. The molecule has 8 heteroatoms. The van der Waals surface area contributed by atoms with Crippen LogP contribution in [0.25, 0.3) is 0 Å². The first-order valence-electron chi connectivity index (χ1n) is 5.83. The Morgan fingerprint density at radius 1 is 1.25 bits per heavy atom. The van der Waals surface area contributed by atoms with Gasteiger partial charge in [-0.3, -0.25) is 16.4 Å². The fourth-order valence-corrected chi connectivity index (χ4v) is 1.91. The van der Waals surface area contributed by atoms with Gasteiger partial charge < -0.3 is 5.73 Å². The Bertz CT molecular complexity index is 561. The molecule has 1 atom stereocenters. The van der Waals surface area contributed by atoms with Crippen LogP contribution in [0.15, 0.2) is 30.5 Å². The van der Waals surface area contributed by atoms with Gasteiger partial charge in [0.25, 0.3) is 0 Å². The molecule has 0 spiro atoms. The number of hydrazine groups is 1. The minimum absolute atomic E-state index is 0.328. The number of alkyl halides is 3. The van der Waals surface area contributed by atoms with Crippen LogP contribution in [0.2, 0.25) is 0 Å². The lowest BCUT2D eigenvalue weighted by atomic mass is 10.0. The number of nitrogens with two attached hydrogens (primary N) is 2. The molecule has 108 valence electrons. The van der Waals surface area contributed by atoms with Crippen molar-refractivity contribution in [3.63, 3.8) is 0 Å². The van der Waals surface area contributed by atoms with E-state index < -0.39 is 11.7 Å². The molecule has 0 aliphatic rings. The summed E-state index contributed by atoms with van der Waals surface area (Å²) < 4.78 is 37.4. The first-order valence-corrected chi connectivity index (χ1v) is 5.83. The van der Waals surface area contributed by atoms with Crippen LogP contribution >= 0.6 is 0 Å². The molecule has 0 bridgehead atoms. The van der Waals surface area contributed by atoms with Crippen LogP contribution in [-0.2, 0) is 12.6 Å². The monoisotopic (exact) mass is 285 g/mol. The van der Waals surface area contributed by atoms with Gasteiger partial charge in [-0.2, -0.15) is 18.3 Å². The molecule has 5 nitrogen and oxygen atoms in total. The number of H-pyrrole nitrogens is 1. The smallest absolute Gasteiger partial charge is 0.384 e. The van der Waals surface area contributed by atoms with Gasteiger partial charge >= 0.3 is 6.18 Å². The van der Waals surface area contributed by atoms with Crippen molar-refractivity contribution in [3.8, 4) is 0 Å². The van der Waals surface area contributed by atoms with Gasteiger partial charge in [-0.05, 0) is 24.1 Å². The lowest BCUT2D eigenvalue weighted by Crippen LogP contribution is -2.29. The third-order valence-electron chi connectivity index (χ3n) is 3.00. The van der Waals surface area contributed by atoms with Crippen molar-refractivity contribution in [2.24, 2.45) is 5.84 Å². The van der Waals surface area contributed by atoms with E-state index in [0.29, 0.717) is 23.4 Å². The molecule has 1 aromatic carbocycles. The topological polar surface area (TPSA) is 92.7 Å². The molecule has 0 saturated carbocycles. The number of halogens is 3. The van der Waals surface area contributed by atoms with Gasteiger partial charge in [0.05, 0.1) is 17.8 Å². The van der Waals surface area contributed by atoms with E-state index in [2.05, 4.69) is 15.6 Å². The number of nitrogens with zero attached hydrogens (tertiary/aromatic N) is 1. The van der Waals surface area contributed by atoms with E-state index in [9.17, 15) is 13.2 Å². The molecule has 0 fully saturated rings. The van der Waals surface area contributed by atoms with Gasteiger partial charge in [-0.15, -0.1) is 0 Å². The summed E-state index contributed by atoms with van der Waals surface area (Å²) in [6.07, 6.45) is -2.40. The highest BCUT2D eigenvalue weighted by Crippen LogP contribution is 2.30. The quantitative estimate of drug-likeness (QED) is 0.508. The number of nitrogens with one attached hydrogen (secondary N) is 2. The van der Waals surface area contributed by atoms with E-state index in [-0.39, 0.29) is 6.04 Å². The van der Waals surface area contributed by atoms with Crippen molar-refractivity contribution in [2.45, 2.75) is 18.6 Å². The van der Waals surface area contributed by atoms with E-state index in [1.807, 2.05) is 0 Å². The molecule has 0 aliphatic heterocycles. The highest BCUT2D eigenvalue weighted by atomic mass is 19.4. The molecule has 20 heavy (non-hydrogen) atoms. The molecule has 2 rings (SSSR count). The first-order chi connectivity index (χ1) is 9.41. The zero-order valence-corrected chi connectivity index (χ0v) is 10.4. The van der Waals surface area contributed by atoms with E-state index in [1.165, 1.54) is 18.3 Å². The molecule has 0 saturated heterocycles. The first kappa shape index (κ1) is 14.4. The van der Waals surface area contributed by atoms with Crippen LogP contribution in [0.3, 0.4) is 0 Å². The van der Waals surface area contributed by atoms with Crippen LogP contribution < -0.4 is 17.0 Å². The average Bonchev–Trinajstić information content (AvgIpc) is 2.82. The fourth-order valence-electron chi connectivity index (χ4n) is 1.91. The van der Waals surface area contributed by atoms with Gasteiger partial charge in [0.1, 0.15) is 5.82 Å². The number of aromatic nitrogens is 2. The van der Waals surface area contributed by atoms with Crippen LogP contribution in [0.5, 0.6) is 0 Å². The van der Waals surface area contributed by atoms with Crippen LogP contribution in [0.4, 0.5) is 19.0 Å². The number of nitrogen functional groups attached to an aromatic ring is 1. The minimum Gasteiger partial charge on any atom is -0.384 e. The summed E-state index contributed by atoms with van der Waals surface area (Å²) in [6.45, 7) is 0. The Labute approximate surface area is 113 Å². The van der Waals surface area contributed by atoms with Crippen LogP contribution in [0, 0.1) is 0 Å². The highest BCUT2D eigenvalue weighted by molar-refractivity contribution is 5.40. The molecule has 0 radical (unpaired) electrons. The van der Waals surface area contributed by atoms with Crippen molar-refractivity contribution in [3.05, 3.63) is 47.2 Å². The standard InChI is InChI=1S/C12H14F3N5/c13-12(14,15)8-3-1-7(2-4-8)5-10(19-17)9-6-18-20-11(9)16/h1-4,6,10,19H,5,17H2,(H3,16,18,20).